The number of amides is 1. The zero-order valence-corrected chi connectivity index (χ0v) is 10.7. The molecule has 0 unspecified atom stereocenters. The Balaban J connectivity index is 2.48. The monoisotopic (exact) mass is 272 g/mol. The Morgan fingerprint density at radius 2 is 2.20 bits per heavy atom. The van der Waals surface area contributed by atoms with Gasteiger partial charge < -0.3 is 5.32 Å². The molecular weight excluding hydrogens is 260 g/mol. The Bertz CT molecular complexity index is 758. The summed E-state index contributed by atoms with van der Waals surface area (Å²) in [6.07, 6.45) is 6.24. The van der Waals surface area contributed by atoms with Crippen molar-refractivity contribution < 1.29 is 4.79 Å². The molecule has 7 heteroatoms. The lowest BCUT2D eigenvalue weighted by atomic mass is 10.2. The maximum atomic E-state index is 12.2. The van der Waals surface area contributed by atoms with E-state index < -0.39 is 23.7 Å². The molecule has 1 aromatic heterocycles. The van der Waals surface area contributed by atoms with Crippen molar-refractivity contribution in [3.63, 3.8) is 0 Å². The highest BCUT2D eigenvalue weighted by Gasteiger charge is 2.23. The van der Waals surface area contributed by atoms with Crippen molar-refractivity contribution in [2.45, 2.75) is 25.9 Å². The van der Waals surface area contributed by atoms with Crippen molar-refractivity contribution in [3.8, 4) is 18.4 Å². The predicted octanol–water partition coefficient (Wildman–Crippen LogP) is -1.42. The summed E-state index contributed by atoms with van der Waals surface area (Å²) in [5, 5.41) is 11.4. The molecule has 1 aliphatic rings. The fourth-order valence-corrected chi connectivity index (χ4v) is 2.24. The molecule has 7 nitrogen and oxygen atoms in total. The Morgan fingerprint density at radius 1 is 1.45 bits per heavy atom. The molecule has 0 saturated carbocycles. The van der Waals surface area contributed by atoms with Gasteiger partial charge >= 0.3 is 5.69 Å². The van der Waals surface area contributed by atoms with Crippen LogP contribution in [0.1, 0.15) is 17.7 Å². The minimum absolute atomic E-state index is 0.0188. The van der Waals surface area contributed by atoms with Crippen LogP contribution in [0.4, 0.5) is 0 Å². The zero-order valence-electron chi connectivity index (χ0n) is 10.7. The normalized spacial score (nSPS) is 12.3. The van der Waals surface area contributed by atoms with E-state index in [9.17, 15) is 14.4 Å². The van der Waals surface area contributed by atoms with Gasteiger partial charge in [0.25, 0.3) is 5.56 Å². The molecule has 0 aromatic carbocycles. The topological polar surface area (TPSA) is 96.9 Å². The van der Waals surface area contributed by atoms with Crippen LogP contribution < -0.4 is 16.6 Å². The van der Waals surface area contributed by atoms with Gasteiger partial charge in [0.1, 0.15) is 18.2 Å². The van der Waals surface area contributed by atoms with Gasteiger partial charge in [-0.3, -0.25) is 14.2 Å². The van der Waals surface area contributed by atoms with Gasteiger partial charge in [0, 0.05) is 12.2 Å². The summed E-state index contributed by atoms with van der Waals surface area (Å²) < 4.78 is 2.16. The van der Waals surface area contributed by atoms with Gasteiger partial charge in [0.05, 0.1) is 6.54 Å². The van der Waals surface area contributed by atoms with Crippen molar-refractivity contribution in [1.82, 2.24) is 14.5 Å². The summed E-state index contributed by atoms with van der Waals surface area (Å²) in [7, 11) is 0. The average molecular weight is 272 g/mol. The van der Waals surface area contributed by atoms with Gasteiger partial charge in [-0.25, -0.2) is 9.36 Å². The second-order valence-corrected chi connectivity index (χ2v) is 4.34. The Hall–Kier alpha value is -2.80. The Morgan fingerprint density at radius 3 is 2.85 bits per heavy atom. The second-order valence-electron chi connectivity index (χ2n) is 4.34. The third-order valence-electron chi connectivity index (χ3n) is 3.13. The lowest BCUT2D eigenvalue weighted by Crippen LogP contribution is -2.45. The molecule has 0 radical (unpaired) electrons. The van der Waals surface area contributed by atoms with Gasteiger partial charge in [0.15, 0.2) is 0 Å². The van der Waals surface area contributed by atoms with Gasteiger partial charge in [-0.15, -0.1) is 6.42 Å². The van der Waals surface area contributed by atoms with Crippen molar-refractivity contribution in [2.24, 2.45) is 0 Å². The van der Waals surface area contributed by atoms with Crippen molar-refractivity contribution in [3.05, 3.63) is 32.1 Å². The molecule has 2 heterocycles. The molecule has 1 N–H and O–H groups in total. The summed E-state index contributed by atoms with van der Waals surface area (Å²) in [5.74, 6) is 1.69. The summed E-state index contributed by atoms with van der Waals surface area (Å²) in [5.41, 5.74) is -0.881. The Kier molecular flexibility index (Phi) is 3.72. The number of nitrogens with zero attached hydrogens (tertiary/aromatic N) is 3. The van der Waals surface area contributed by atoms with E-state index in [1.165, 1.54) is 4.57 Å². The van der Waals surface area contributed by atoms with Gasteiger partial charge in [-0.1, -0.05) is 5.92 Å². The van der Waals surface area contributed by atoms with Crippen LogP contribution in [-0.4, -0.2) is 21.6 Å². The second kappa shape index (κ2) is 5.45. The number of hydrogen-bond donors (Lipinski definition) is 1. The maximum absolute atomic E-state index is 12.2. The largest absolute Gasteiger partial charge is 0.344 e. The first-order chi connectivity index (χ1) is 9.60. The first-order valence-electron chi connectivity index (χ1n) is 6.07. The van der Waals surface area contributed by atoms with E-state index in [1.807, 2.05) is 6.07 Å². The SMILES string of the molecule is C#CCNC(=O)Cn1c(=O)c(C#N)c2n(c1=O)CCC2. The molecule has 0 bridgehead atoms. The highest BCUT2D eigenvalue weighted by molar-refractivity contribution is 5.75. The molecule has 2 rings (SSSR count). The fraction of sp³-hybridized carbons (Fsp3) is 0.385. The van der Waals surface area contributed by atoms with Crippen LogP contribution in [0.25, 0.3) is 0 Å². The van der Waals surface area contributed by atoms with Gasteiger partial charge in [-0.05, 0) is 12.8 Å². The third kappa shape index (κ3) is 2.21. The number of aromatic nitrogens is 2. The van der Waals surface area contributed by atoms with Crippen LogP contribution in [0.5, 0.6) is 0 Å². The third-order valence-corrected chi connectivity index (χ3v) is 3.13. The van der Waals surface area contributed by atoms with E-state index in [-0.39, 0.29) is 12.1 Å². The van der Waals surface area contributed by atoms with Crippen LogP contribution in [0.3, 0.4) is 0 Å². The molecule has 1 aromatic rings. The molecule has 0 aliphatic carbocycles. The number of carbonyl (C=O) groups is 1. The molecule has 102 valence electrons. The molecule has 1 aliphatic heterocycles. The van der Waals surface area contributed by atoms with Gasteiger partial charge in [-0.2, -0.15) is 5.26 Å². The Labute approximate surface area is 114 Å². The molecule has 0 fully saturated rings. The first-order valence-corrected chi connectivity index (χ1v) is 6.07. The molecule has 1 amide bonds. The zero-order chi connectivity index (χ0) is 14.7. The number of carbonyl (C=O) groups excluding carboxylic acids is 1. The van der Waals surface area contributed by atoms with E-state index in [2.05, 4.69) is 11.2 Å². The van der Waals surface area contributed by atoms with Gasteiger partial charge in [0.2, 0.25) is 5.91 Å². The van der Waals surface area contributed by atoms with Crippen molar-refractivity contribution in [2.75, 3.05) is 6.54 Å². The number of terminal acetylenes is 1. The quantitative estimate of drug-likeness (QED) is 0.683. The van der Waals surface area contributed by atoms with Crippen LogP contribution in [0, 0.1) is 23.7 Å². The lowest BCUT2D eigenvalue weighted by molar-refractivity contribution is -0.121. The summed E-state index contributed by atoms with van der Waals surface area (Å²) >= 11 is 0. The number of hydrogen-bond acceptors (Lipinski definition) is 4. The van der Waals surface area contributed by atoms with E-state index in [0.717, 1.165) is 4.57 Å². The van der Waals surface area contributed by atoms with Crippen molar-refractivity contribution >= 4 is 5.91 Å². The van der Waals surface area contributed by atoms with E-state index >= 15 is 0 Å². The predicted molar refractivity (Wildman–Crippen MR) is 69.8 cm³/mol. The average Bonchev–Trinajstić information content (AvgIpc) is 2.91. The van der Waals surface area contributed by atoms with E-state index in [4.69, 9.17) is 11.7 Å². The molecule has 0 spiro atoms. The number of rotatable bonds is 3. The van der Waals surface area contributed by atoms with E-state index in [0.29, 0.717) is 25.1 Å². The fourth-order valence-electron chi connectivity index (χ4n) is 2.24. The van der Waals surface area contributed by atoms with Crippen LogP contribution in [0.2, 0.25) is 0 Å². The molecular formula is C13H12N4O3. The molecule has 0 saturated heterocycles. The number of nitrogens with one attached hydrogen (secondary N) is 1. The maximum Gasteiger partial charge on any atom is 0.331 e. The van der Waals surface area contributed by atoms with E-state index in [1.54, 1.807) is 0 Å². The standard InChI is InChI=1S/C13H12N4O3/c1-2-5-15-11(18)8-17-12(19)9(7-14)10-4-3-6-16(10)13(17)20/h1H,3-6,8H2,(H,15,18). The van der Waals surface area contributed by atoms with Crippen LogP contribution >= 0.6 is 0 Å². The van der Waals surface area contributed by atoms with Crippen molar-refractivity contribution in [1.29, 1.82) is 5.26 Å². The first kappa shape index (κ1) is 13.6. The van der Waals surface area contributed by atoms with Crippen LogP contribution in [0.15, 0.2) is 9.59 Å². The highest BCUT2D eigenvalue weighted by atomic mass is 16.2. The molecule has 0 atom stereocenters. The minimum atomic E-state index is -0.721. The number of fused-ring (bicyclic) bond motifs is 1. The lowest BCUT2D eigenvalue weighted by Gasteiger charge is -2.10. The van der Waals surface area contributed by atoms with Crippen LogP contribution in [-0.2, 0) is 24.3 Å². The molecule has 20 heavy (non-hydrogen) atoms. The summed E-state index contributed by atoms with van der Waals surface area (Å²) in [6.45, 7) is 0.0361. The smallest absolute Gasteiger partial charge is 0.331 e. The minimum Gasteiger partial charge on any atom is -0.344 e. The summed E-state index contributed by atoms with van der Waals surface area (Å²) in [6, 6.07) is 1.82. The highest BCUT2D eigenvalue weighted by Crippen LogP contribution is 2.12. The summed E-state index contributed by atoms with van der Waals surface area (Å²) in [4.78, 5) is 35.8. The number of nitriles is 1.